The summed E-state index contributed by atoms with van der Waals surface area (Å²) in [5.41, 5.74) is 13.2. The van der Waals surface area contributed by atoms with Gasteiger partial charge in [-0.2, -0.15) is 4.98 Å². The fraction of sp³-hybridized carbons (Fsp3) is 0. The molecule has 0 aliphatic rings. The molecule has 0 radical (unpaired) electrons. The van der Waals surface area contributed by atoms with Crippen LogP contribution in [0.15, 0.2) is 72.9 Å². The number of ether oxygens (including phenoxy) is 1. The van der Waals surface area contributed by atoms with Gasteiger partial charge in [0.05, 0.1) is 5.69 Å². The third-order valence-electron chi connectivity index (χ3n) is 4.21. The third kappa shape index (κ3) is 4.91. The van der Waals surface area contributed by atoms with Crippen LogP contribution in [0.2, 0.25) is 0 Å². The van der Waals surface area contributed by atoms with E-state index in [1.54, 1.807) is 42.5 Å². The number of benzene rings is 2. The zero-order valence-corrected chi connectivity index (χ0v) is 16.1. The molecule has 2 aromatic carbocycles. The molecule has 4 rings (SSSR count). The SMILES string of the molecule is NC(=O)c1cc(Oc2cccc(Nc3cc(-c4ccc(F)cc4)nc(N)n3)c2)ccn1. The van der Waals surface area contributed by atoms with Crippen LogP contribution < -0.4 is 21.5 Å². The minimum Gasteiger partial charge on any atom is -0.457 e. The van der Waals surface area contributed by atoms with Crippen molar-refractivity contribution >= 4 is 23.4 Å². The quantitative estimate of drug-likeness (QED) is 0.435. The Labute approximate surface area is 176 Å². The molecule has 2 aromatic heterocycles. The number of nitrogen functional groups attached to an aromatic ring is 1. The van der Waals surface area contributed by atoms with Gasteiger partial charge in [0.1, 0.15) is 28.8 Å². The van der Waals surface area contributed by atoms with Crippen molar-refractivity contribution in [1.29, 1.82) is 0 Å². The standard InChI is InChI=1S/C22H17FN6O2/c23-14-6-4-13(5-7-14)18-12-20(29-22(25)28-18)27-15-2-1-3-16(10-15)31-17-8-9-26-19(11-17)21(24)30/h1-12H,(H2,24,30)(H3,25,27,28,29). The van der Waals surface area contributed by atoms with Crippen LogP contribution in [0.4, 0.5) is 21.8 Å². The Hall–Kier alpha value is -4.53. The number of anilines is 3. The van der Waals surface area contributed by atoms with E-state index >= 15 is 0 Å². The lowest BCUT2D eigenvalue weighted by Gasteiger charge is -2.11. The topological polar surface area (TPSA) is 129 Å². The molecule has 0 unspecified atom stereocenters. The molecule has 8 nitrogen and oxygen atoms in total. The number of halogens is 1. The molecule has 5 N–H and O–H groups in total. The lowest BCUT2D eigenvalue weighted by atomic mass is 10.1. The molecule has 4 aromatic rings. The fourth-order valence-electron chi connectivity index (χ4n) is 2.83. The van der Waals surface area contributed by atoms with Gasteiger partial charge in [-0.3, -0.25) is 9.78 Å². The first-order valence-electron chi connectivity index (χ1n) is 9.17. The predicted molar refractivity (Wildman–Crippen MR) is 114 cm³/mol. The molecule has 0 fully saturated rings. The van der Waals surface area contributed by atoms with Crippen LogP contribution in [-0.4, -0.2) is 20.9 Å². The maximum absolute atomic E-state index is 13.2. The van der Waals surface area contributed by atoms with Crippen molar-refractivity contribution in [3.8, 4) is 22.8 Å². The number of hydrogen-bond acceptors (Lipinski definition) is 7. The van der Waals surface area contributed by atoms with Crippen LogP contribution in [-0.2, 0) is 0 Å². The van der Waals surface area contributed by atoms with Crippen LogP contribution >= 0.6 is 0 Å². The average Bonchev–Trinajstić information content (AvgIpc) is 2.74. The summed E-state index contributed by atoms with van der Waals surface area (Å²) in [7, 11) is 0. The summed E-state index contributed by atoms with van der Waals surface area (Å²) in [5.74, 6) is 0.506. The molecule has 0 aliphatic heterocycles. The number of pyridine rings is 1. The van der Waals surface area contributed by atoms with Gasteiger partial charge in [-0.05, 0) is 42.5 Å². The van der Waals surface area contributed by atoms with Crippen molar-refractivity contribution in [2.24, 2.45) is 5.73 Å². The molecule has 0 atom stereocenters. The smallest absolute Gasteiger partial charge is 0.267 e. The number of hydrogen-bond donors (Lipinski definition) is 3. The summed E-state index contributed by atoms with van der Waals surface area (Å²) >= 11 is 0. The Bertz CT molecular complexity index is 1250. The van der Waals surface area contributed by atoms with E-state index in [9.17, 15) is 9.18 Å². The number of nitrogens with one attached hydrogen (secondary N) is 1. The van der Waals surface area contributed by atoms with Crippen molar-refractivity contribution in [3.05, 3.63) is 84.4 Å². The first kappa shape index (κ1) is 19.8. The summed E-state index contributed by atoms with van der Waals surface area (Å²) in [5, 5.41) is 3.15. The van der Waals surface area contributed by atoms with Crippen LogP contribution in [0.25, 0.3) is 11.3 Å². The Kier molecular flexibility index (Phi) is 5.39. The third-order valence-corrected chi connectivity index (χ3v) is 4.21. The normalized spacial score (nSPS) is 10.5. The number of primary amides is 1. The number of amides is 1. The monoisotopic (exact) mass is 416 g/mol. The summed E-state index contributed by atoms with van der Waals surface area (Å²) in [6.07, 6.45) is 1.44. The number of rotatable bonds is 6. The maximum atomic E-state index is 13.2. The van der Waals surface area contributed by atoms with Crippen LogP contribution in [0.3, 0.4) is 0 Å². The van der Waals surface area contributed by atoms with Gasteiger partial charge in [-0.15, -0.1) is 0 Å². The van der Waals surface area contributed by atoms with E-state index in [1.165, 1.54) is 24.4 Å². The number of carbonyl (C=O) groups is 1. The van der Waals surface area contributed by atoms with Crippen LogP contribution in [0, 0.1) is 5.82 Å². The molecule has 0 saturated heterocycles. The number of nitrogens with zero attached hydrogens (tertiary/aromatic N) is 3. The molecule has 0 aliphatic carbocycles. The Morgan fingerprint density at radius 3 is 2.52 bits per heavy atom. The van der Waals surface area contributed by atoms with Crippen molar-refractivity contribution in [3.63, 3.8) is 0 Å². The molecule has 1 amide bonds. The first-order chi connectivity index (χ1) is 15.0. The minimum absolute atomic E-state index is 0.0764. The molecular formula is C22H17FN6O2. The number of nitrogens with two attached hydrogens (primary N) is 2. The number of aromatic nitrogens is 3. The largest absolute Gasteiger partial charge is 0.457 e. The average molecular weight is 416 g/mol. The lowest BCUT2D eigenvalue weighted by Crippen LogP contribution is -2.12. The van der Waals surface area contributed by atoms with Gasteiger partial charge in [0.25, 0.3) is 5.91 Å². The van der Waals surface area contributed by atoms with Crippen molar-refractivity contribution in [1.82, 2.24) is 15.0 Å². The van der Waals surface area contributed by atoms with E-state index in [0.29, 0.717) is 34.3 Å². The molecule has 0 spiro atoms. The molecular weight excluding hydrogens is 399 g/mol. The van der Waals surface area contributed by atoms with Gasteiger partial charge in [0.2, 0.25) is 5.95 Å². The van der Waals surface area contributed by atoms with Gasteiger partial charge >= 0.3 is 0 Å². The van der Waals surface area contributed by atoms with Gasteiger partial charge in [0, 0.05) is 35.6 Å². The Morgan fingerprint density at radius 1 is 0.968 bits per heavy atom. The molecule has 2 heterocycles. The molecule has 0 bridgehead atoms. The van der Waals surface area contributed by atoms with Crippen molar-refractivity contribution in [2.45, 2.75) is 0 Å². The van der Waals surface area contributed by atoms with Gasteiger partial charge < -0.3 is 21.5 Å². The first-order valence-corrected chi connectivity index (χ1v) is 9.17. The van der Waals surface area contributed by atoms with E-state index in [0.717, 1.165) is 0 Å². The molecule has 154 valence electrons. The van der Waals surface area contributed by atoms with E-state index in [1.807, 2.05) is 6.07 Å². The van der Waals surface area contributed by atoms with E-state index in [-0.39, 0.29) is 17.5 Å². The second-order valence-electron chi connectivity index (χ2n) is 6.50. The second-order valence-corrected chi connectivity index (χ2v) is 6.50. The lowest BCUT2D eigenvalue weighted by molar-refractivity contribution is 0.0995. The minimum atomic E-state index is -0.640. The highest BCUT2D eigenvalue weighted by Crippen LogP contribution is 2.27. The molecule has 9 heteroatoms. The van der Waals surface area contributed by atoms with Crippen LogP contribution in [0.5, 0.6) is 11.5 Å². The van der Waals surface area contributed by atoms with Gasteiger partial charge in [0.15, 0.2) is 0 Å². The zero-order chi connectivity index (χ0) is 21.8. The van der Waals surface area contributed by atoms with Crippen molar-refractivity contribution in [2.75, 3.05) is 11.1 Å². The van der Waals surface area contributed by atoms with E-state index < -0.39 is 5.91 Å². The highest BCUT2D eigenvalue weighted by Gasteiger charge is 2.08. The molecule has 0 saturated carbocycles. The predicted octanol–water partition coefficient (Wildman–Crippen LogP) is 3.89. The summed E-state index contributed by atoms with van der Waals surface area (Å²) in [6.45, 7) is 0. The van der Waals surface area contributed by atoms with E-state index in [2.05, 4.69) is 20.3 Å². The molecule has 31 heavy (non-hydrogen) atoms. The van der Waals surface area contributed by atoms with Gasteiger partial charge in [-0.25, -0.2) is 9.37 Å². The Morgan fingerprint density at radius 2 is 1.74 bits per heavy atom. The van der Waals surface area contributed by atoms with Crippen molar-refractivity contribution < 1.29 is 13.9 Å². The summed E-state index contributed by atoms with van der Waals surface area (Å²) < 4.78 is 19.0. The number of carbonyl (C=O) groups excluding carboxylic acids is 1. The maximum Gasteiger partial charge on any atom is 0.267 e. The summed E-state index contributed by atoms with van der Waals surface area (Å²) in [6, 6.07) is 17.8. The Balaban J connectivity index is 1.56. The highest BCUT2D eigenvalue weighted by molar-refractivity contribution is 5.91. The second kappa shape index (κ2) is 8.46. The fourth-order valence-corrected chi connectivity index (χ4v) is 2.83. The van der Waals surface area contributed by atoms with Crippen LogP contribution in [0.1, 0.15) is 10.5 Å². The summed E-state index contributed by atoms with van der Waals surface area (Å²) in [4.78, 5) is 23.6. The zero-order valence-electron chi connectivity index (χ0n) is 16.1. The highest BCUT2D eigenvalue weighted by atomic mass is 19.1. The van der Waals surface area contributed by atoms with E-state index in [4.69, 9.17) is 16.2 Å². The van der Waals surface area contributed by atoms with Gasteiger partial charge in [-0.1, -0.05) is 6.07 Å².